The van der Waals surface area contributed by atoms with Crippen LogP contribution in [0.1, 0.15) is 12.0 Å². The summed E-state index contributed by atoms with van der Waals surface area (Å²) in [4.78, 5) is 12.2. The van der Waals surface area contributed by atoms with Crippen molar-refractivity contribution in [1.29, 1.82) is 0 Å². The van der Waals surface area contributed by atoms with Gasteiger partial charge in [-0.05, 0) is 29.7 Å². The first kappa shape index (κ1) is 21.2. The third-order valence-corrected chi connectivity index (χ3v) is 4.76. The van der Waals surface area contributed by atoms with Crippen LogP contribution >= 0.6 is 0 Å². The molecule has 1 amide bonds. The van der Waals surface area contributed by atoms with Crippen molar-refractivity contribution in [2.24, 2.45) is 0 Å². The molecule has 0 unspecified atom stereocenters. The Morgan fingerprint density at radius 3 is 2.33 bits per heavy atom. The zero-order valence-corrected chi connectivity index (χ0v) is 17.4. The Labute approximate surface area is 177 Å². The Morgan fingerprint density at radius 1 is 0.833 bits per heavy atom. The number of carbonyl (C=O) groups excluding carboxylic acids is 1. The molecule has 0 saturated carbocycles. The molecule has 5 nitrogen and oxygen atoms in total. The van der Waals surface area contributed by atoms with Crippen LogP contribution in [0.3, 0.4) is 0 Å². The van der Waals surface area contributed by atoms with Gasteiger partial charge in [-0.1, -0.05) is 60.7 Å². The van der Waals surface area contributed by atoms with Gasteiger partial charge in [-0.25, -0.2) is 0 Å². The first-order valence-corrected chi connectivity index (χ1v) is 9.96. The van der Waals surface area contributed by atoms with Crippen LogP contribution in [-0.4, -0.2) is 33.3 Å². The van der Waals surface area contributed by atoms with Crippen molar-refractivity contribution in [2.45, 2.75) is 12.8 Å². The number of carbonyl (C=O) groups is 1. The molecule has 3 aromatic rings. The standard InChI is InChI=1S/C25H27NO4/c1-28-23-14-8-11-20(25(23)29-2)15-16-24(27)26-17-18-30-22-13-7-6-12-21(22)19-9-4-3-5-10-19/h3-14H,15-18H2,1-2H3,(H,26,27). The lowest BCUT2D eigenvalue weighted by atomic mass is 10.1. The first-order valence-electron chi connectivity index (χ1n) is 9.96. The van der Waals surface area contributed by atoms with Gasteiger partial charge in [0.25, 0.3) is 0 Å². The Bertz CT molecular complexity index is 956. The van der Waals surface area contributed by atoms with Gasteiger partial charge in [0.15, 0.2) is 11.5 Å². The molecule has 0 atom stereocenters. The molecular formula is C25H27NO4. The Hall–Kier alpha value is -3.47. The van der Waals surface area contributed by atoms with Crippen LogP contribution in [0, 0.1) is 0 Å². The minimum absolute atomic E-state index is 0.0279. The minimum atomic E-state index is -0.0279. The van der Waals surface area contributed by atoms with Gasteiger partial charge in [0.2, 0.25) is 5.91 Å². The maximum absolute atomic E-state index is 12.2. The van der Waals surface area contributed by atoms with Gasteiger partial charge < -0.3 is 19.5 Å². The summed E-state index contributed by atoms with van der Waals surface area (Å²) in [6.07, 6.45) is 0.939. The number of nitrogens with one attached hydrogen (secondary N) is 1. The fraction of sp³-hybridized carbons (Fsp3) is 0.240. The van der Waals surface area contributed by atoms with E-state index in [1.165, 1.54) is 0 Å². The van der Waals surface area contributed by atoms with Crippen molar-refractivity contribution in [2.75, 3.05) is 27.4 Å². The quantitative estimate of drug-likeness (QED) is 0.505. The Balaban J connectivity index is 1.48. The number of amides is 1. The number of hydrogen-bond acceptors (Lipinski definition) is 4. The molecule has 0 aliphatic carbocycles. The third kappa shape index (κ3) is 5.54. The number of hydrogen-bond donors (Lipinski definition) is 1. The van der Waals surface area contributed by atoms with E-state index in [9.17, 15) is 4.79 Å². The van der Waals surface area contributed by atoms with Crippen molar-refractivity contribution in [3.63, 3.8) is 0 Å². The van der Waals surface area contributed by atoms with Crippen LogP contribution in [0.2, 0.25) is 0 Å². The molecule has 1 N–H and O–H groups in total. The van der Waals surface area contributed by atoms with Gasteiger partial charge in [-0.2, -0.15) is 0 Å². The fourth-order valence-electron chi connectivity index (χ4n) is 3.29. The summed E-state index contributed by atoms with van der Waals surface area (Å²) in [5.74, 6) is 2.12. The number of ether oxygens (including phenoxy) is 3. The van der Waals surface area contributed by atoms with Crippen LogP contribution in [0.25, 0.3) is 11.1 Å². The van der Waals surface area contributed by atoms with E-state index in [2.05, 4.69) is 17.4 Å². The van der Waals surface area contributed by atoms with Gasteiger partial charge in [-0.15, -0.1) is 0 Å². The summed E-state index contributed by atoms with van der Waals surface area (Å²) in [6.45, 7) is 0.843. The van der Waals surface area contributed by atoms with Crippen LogP contribution in [-0.2, 0) is 11.2 Å². The fourth-order valence-corrected chi connectivity index (χ4v) is 3.29. The highest BCUT2D eigenvalue weighted by atomic mass is 16.5. The highest BCUT2D eigenvalue weighted by molar-refractivity contribution is 5.76. The van der Waals surface area contributed by atoms with E-state index in [4.69, 9.17) is 14.2 Å². The number of para-hydroxylation sites is 2. The molecule has 0 aliphatic rings. The molecule has 30 heavy (non-hydrogen) atoms. The van der Waals surface area contributed by atoms with Crippen molar-refractivity contribution in [3.05, 3.63) is 78.4 Å². The van der Waals surface area contributed by atoms with Crippen molar-refractivity contribution in [1.82, 2.24) is 5.32 Å². The van der Waals surface area contributed by atoms with Crippen LogP contribution in [0.15, 0.2) is 72.8 Å². The highest BCUT2D eigenvalue weighted by Crippen LogP contribution is 2.31. The first-order chi connectivity index (χ1) is 14.7. The van der Waals surface area contributed by atoms with Crippen LogP contribution < -0.4 is 19.5 Å². The molecule has 0 saturated heterocycles. The second-order valence-corrected chi connectivity index (χ2v) is 6.71. The normalized spacial score (nSPS) is 10.3. The van der Waals surface area contributed by atoms with E-state index in [0.717, 1.165) is 22.4 Å². The molecule has 3 rings (SSSR count). The number of aryl methyl sites for hydroxylation is 1. The predicted octanol–water partition coefficient (Wildman–Crippen LogP) is 4.50. The molecule has 0 bridgehead atoms. The molecule has 0 aromatic heterocycles. The summed E-state index contributed by atoms with van der Waals surface area (Å²) in [5.41, 5.74) is 3.08. The van der Waals surface area contributed by atoms with Gasteiger partial charge >= 0.3 is 0 Å². The molecule has 0 fully saturated rings. The van der Waals surface area contributed by atoms with E-state index in [-0.39, 0.29) is 5.91 Å². The van der Waals surface area contributed by atoms with Crippen molar-refractivity contribution < 1.29 is 19.0 Å². The molecular weight excluding hydrogens is 378 g/mol. The lowest BCUT2D eigenvalue weighted by Crippen LogP contribution is -2.28. The van der Waals surface area contributed by atoms with Gasteiger partial charge in [0.1, 0.15) is 12.4 Å². The van der Waals surface area contributed by atoms with E-state index in [1.807, 2.05) is 60.7 Å². The predicted molar refractivity (Wildman–Crippen MR) is 118 cm³/mol. The van der Waals surface area contributed by atoms with E-state index >= 15 is 0 Å². The summed E-state index contributed by atoms with van der Waals surface area (Å²) in [6, 6.07) is 23.7. The Kier molecular flexibility index (Phi) is 7.72. The molecule has 0 heterocycles. The SMILES string of the molecule is COc1cccc(CCC(=O)NCCOc2ccccc2-c2ccccc2)c1OC. The average molecular weight is 405 g/mol. The smallest absolute Gasteiger partial charge is 0.220 e. The molecule has 3 aromatic carbocycles. The van der Waals surface area contributed by atoms with E-state index in [0.29, 0.717) is 37.5 Å². The minimum Gasteiger partial charge on any atom is -0.493 e. The number of methoxy groups -OCH3 is 2. The largest absolute Gasteiger partial charge is 0.493 e. The Morgan fingerprint density at radius 2 is 1.57 bits per heavy atom. The maximum Gasteiger partial charge on any atom is 0.220 e. The molecule has 156 valence electrons. The summed E-state index contributed by atoms with van der Waals surface area (Å²) >= 11 is 0. The van der Waals surface area contributed by atoms with Crippen molar-refractivity contribution in [3.8, 4) is 28.4 Å². The lowest BCUT2D eigenvalue weighted by molar-refractivity contribution is -0.121. The van der Waals surface area contributed by atoms with Crippen LogP contribution in [0.4, 0.5) is 0 Å². The highest BCUT2D eigenvalue weighted by Gasteiger charge is 2.11. The van der Waals surface area contributed by atoms with Gasteiger partial charge in [-0.3, -0.25) is 4.79 Å². The topological polar surface area (TPSA) is 56.8 Å². The van der Waals surface area contributed by atoms with E-state index < -0.39 is 0 Å². The summed E-state index contributed by atoms with van der Waals surface area (Å²) in [7, 11) is 3.20. The number of rotatable bonds is 10. The second kappa shape index (κ2) is 10.9. The molecule has 0 aliphatic heterocycles. The summed E-state index contributed by atoms with van der Waals surface area (Å²) in [5, 5.41) is 2.91. The van der Waals surface area contributed by atoms with Crippen LogP contribution in [0.5, 0.6) is 17.2 Å². The van der Waals surface area contributed by atoms with E-state index in [1.54, 1.807) is 14.2 Å². The second-order valence-electron chi connectivity index (χ2n) is 6.71. The molecule has 0 radical (unpaired) electrons. The zero-order valence-electron chi connectivity index (χ0n) is 17.4. The monoisotopic (exact) mass is 405 g/mol. The number of benzene rings is 3. The summed E-state index contributed by atoms with van der Waals surface area (Å²) < 4.78 is 16.6. The van der Waals surface area contributed by atoms with Gasteiger partial charge in [0.05, 0.1) is 20.8 Å². The molecule has 5 heteroatoms. The average Bonchev–Trinajstić information content (AvgIpc) is 2.81. The lowest BCUT2D eigenvalue weighted by Gasteiger charge is -2.13. The van der Waals surface area contributed by atoms with Crippen molar-refractivity contribution >= 4 is 5.91 Å². The van der Waals surface area contributed by atoms with Gasteiger partial charge in [0, 0.05) is 12.0 Å². The maximum atomic E-state index is 12.2. The molecule has 0 spiro atoms. The zero-order chi connectivity index (χ0) is 21.2. The third-order valence-electron chi connectivity index (χ3n) is 4.76.